The van der Waals surface area contributed by atoms with Gasteiger partial charge >= 0.3 is 6.03 Å². The van der Waals surface area contributed by atoms with Crippen LogP contribution < -0.4 is 5.32 Å². The summed E-state index contributed by atoms with van der Waals surface area (Å²) in [6.07, 6.45) is 7.50. The number of furan rings is 1. The first-order valence-corrected chi connectivity index (χ1v) is 9.71. The van der Waals surface area contributed by atoms with Crippen LogP contribution in [0.3, 0.4) is 0 Å². The standard InChI is InChI=1S/C19H29N3O3/c23-19(22(16-5-6-16)13-15-7-11-24-14-15)20-12-17(18-4-3-10-25-18)21-8-1-2-9-21/h3-4,10,15-17H,1-2,5-9,11-14H2,(H,20,23)/t15-,17-/m0/s1. The Bertz CT molecular complexity index is 546. The van der Waals surface area contributed by atoms with Crippen LogP contribution in [0.5, 0.6) is 0 Å². The quantitative estimate of drug-likeness (QED) is 0.824. The van der Waals surface area contributed by atoms with E-state index in [1.54, 1.807) is 6.26 Å². The Morgan fingerprint density at radius 1 is 1.32 bits per heavy atom. The highest BCUT2D eigenvalue weighted by atomic mass is 16.5. The van der Waals surface area contributed by atoms with Crippen LogP contribution in [-0.4, -0.2) is 61.3 Å². The van der Waals surface area contributed by atoms with Gasteiger partial charge in [0, 0.05) is 31.7 Å². The molecular weight excluding hydrogens is 318 g/mol. The van der Waals surface area contributed by atoms with E-state index in [2.05, 4.69) is 10.2 Å². The minimum atomic E-state index is 0.0742. The molecule has 138 valence electrons. The molecule has 3 aliphatic rings. The maximum Gasteiger partial charge on any atom is 0.317 e. The van der Waals surface area contributed by atoms with E-state index < -0.39 is 0 Å². The van der Waals surface area contributed by atoms with Crippen molar-refractivity contribution < 1.29 is 13.9 Å². The zero-order valence-corrected chi connectivity index (χ0v) is 14.9. The van der Waals surface area contributed by atoms with Gasteiger partial charge in [-0.2, -0.15) is 0 Å². The third kappa shape index (κ3) is 4.18. The van der Waals surface area contributed by atoms with Crippen molar-refractivity contribution in [2.24, 2.45) is 5.92 Å². The van der Waals surface area contributed by atoms with E-state index in [4.69, 9.17) is 9.15 Å². The average Bonchev–Trinajstić information content (AvgIpc) is 3.11. The highest BCUT2D eigenvalue weighted by molar-refractivity contribution is 5.75. The highest BCUT2D eigenvalue weighted by Crippen LogP contribution is 2.29. The van der Waals surface area contributed by atoms with Crippen molar-refractivity contribution in [1.29, 1.82) is 0 Å². The van der Waals surface area contributed by atoms with Gasteiger partial charge < -0.3 is 19.4 Å². The number of likely N-dealkylation sites (tertiary alicyclic amines) is 1. The van der Waals surface area contributed by atoms with Gasteiger partial charge in [0.15, 0.2) is 0 Å². The van der Waals surface area contributed by atoms with Gasteiger partial charge in [-0.1, -0.05) is 0 Å². The van der Waals surface area contributed by atoms with E-state index in [1.165, 1.54) is 12.8 Å². The molecule has 1 saturated carbocycles. The summed E-state index contributed by atoms with van der Waals surface area (Å²) in [5, 5.41) is 3.19. The van der Waals surface area contributed by atoms with Gasteiger partial charge in [-0.25, -0.2) is 4.79 Å². The Hall–Kier alpha value is -1.53. The van der Waals surface area contributed by atoms with E-state index >= 15 is 0 Å². The minimum absolute atomic E-state index is 0.0742. The second kappa shape index (κ2) is 7.79. The molecule has 2 atom stereocenters. The molecule has 0 bridgehead atoms. The molecule has 25 heavy (non-hydrogen) atoms. The average molecular weight is 347 g/mol. The van der Waals surface area contributed by atoms with E-state index in [9.17, 15) is 4.79 Å². The van der Waals surface area contributed by atoms with Gasteiger partial charge in [-0.05, 0) is 57.3 Å². The van der Waals surface area contributed by atoms with Crippen LogP contribution in [0, 0.1) is 5.92 Å². The SMILES string of the molecule is O=C(NC[C@@H](c1ccco1)N1CCCC1)N(C[C@@H]1CCOC1)C1CC1. The second-order valence-corrected chi connectivity index (χ2v) is 7.57. The Labute approximate surface area is 149 Å². The van der Waals surface area contributed by atoms with Crippen LogP contribution >= 0.6 is 0 Å². The largest absolute Gasteiger partial charge is 0.468 e. The van der Waals surface area contributed by atoms with Crippen LogP contribution in [-0.2, 0) is 4.74 Å². The van der Waals surface area contributed by atoms with E-state index in [1.807, 2.05) is 17.0 Å². The first kappa shape index (κ1) is 16.9. The number of nitrogens with one attached hydrogen (secondary N) is 1. The van der Waals surface area contributed by atoms with Crippen LogP contribution in [0.15, 0.2) is 22.8 Å². The van der Waals surface area contributed by atoms with Gasteiger partial charge in [0.2, 0.25) is 0 Å². The normalized spacial score (nSPS) is 25.2. The molecule has 0 aromatic carbocycles. The molecule has 6 heteroatoms. The maximum atomic E-state index is 12.8. The summed E-state index contributed by atoms with van der Waals surface area (Å²) in [6, 6.07) is 4.58. The molecule has 4 rings (SSSR count). The Kier molecular flexibility index (Phi) is 5.27. The molecule has 0 radical (unpaired) electrons. The first-order chi connectivity index (χ1) is 12.3. The monoisotopic (exact) mass is 347 g/mol. The van der Waals surface area contributed by atoms with Crippen molar-refractivity contribution >= 4 is 6.03 Å². The topological polar surface area (TPSA) is 58.0 Å². The summed E-state index contributed by atoms with van der Waals surface area (Å²) in [7, 11) is 0. The maximum absolute atomic E-state index is 12.8. The third-order valence-electron chi connectivity index (χ3n) is 5.63. The van der Waals surface area contributed by atoms with Gasteiger partial charge in [0.25, 0.3) is 0 Å². The lowest BCUT2D eigenvalue weighted by Crippen LogP contribution is -2.46. The fourth-order valence-corrected chi connectivity index (χ4v) is 4.02. The lowest BCUT2D eigenvalue weighted by molar-refractivity contribution is 0.157. The van der Waals surface area contributed by atoms with Gasteiger partial charge in [-0.3, -0.25) is 4.90 Å². The van der Waals surface area contributed by atoms with Crippen molar-refractivity contribution in [2.45, 2.75) is 44.2 Å². The summed E-state index contributed by atoms with van der Waals surface area (Å²) in [5.41, 5.74) is 0. The van der Waals surface area contributed by atoms with Crippen molar-refractivity contribution in [2.75, 3.05) is 39.4 Å². The number of nitrogens with zero attached hydrogens (tertiary/aromatic N) is 2. The molecule has 1 N–H and O–H groups in total. The first-order valence-electron chi connectivity index (χ1n) is 9.71. The molecule has 6 nitrogen and oxygen atoms in total. The predicted octanol–water partition coefficient (Wildman–Crippen LogP) is 2.63. The van der Waals surface area contributed by atoms with Crippen LogP contribution in [0.2, 0.25) is 0 Å². The molecule has 2 aliphatic heterocycles. The summed E-state index contributed by atoms with van der Waals surface area (Å²) >= 11 is 0. The lowest BCUT2D eigenvalue weighted by atomic mass is 10.1. The van der Waals surface area contributed by atoms with Crippen LogP contribution in [0.1, 0.15) is 43.9 Å². The molecule has 3 fully saturated rings. The molecular formula is C19H29N3O3. The highest BCUT2D eigenvalue weighted by Gasteiger charge is 2.35. The number of rotatable bonds is 7. The zero-order chi connectivity index (χ0) is 17.1. The Balaban J connectivity index is 1.36. The van der Waals surface area contributed by atoms with E-state index in [-0.39, 0.29) is 12.1 Å². The number of carbonyl (C=O) groups is 1. The summed E-state index contributed by atoms with van der Waals surface area (Å²) in [6.45, 7) is 5.21. The number of hydrogen-bond acceptors (Lipinski definition) is 4. The number of hydrogen-bond donors (Lipinski definition) is 1. The van der Waals surface area contributed by atoms with Gasteiger partial charge in [0.05, 0.1) is 18.9 Å². The minimum Gasteiger partial charge on any atom is -0.468 e. The van der Waals surface area contributed by atoms with E-state index in [0.29, 0.717) is 18.5 Å². The zero-order valence-electron chi connectivity index (χ0n) is 14.9. The Morgan fingerprint density at radius 2 is 2.16 bits per heavy atom. The van der Waals surface area contributed by atoms with E-state index in [0.717, 1.165) is 57.9 Å². The molecule has 3 heterocycles. The van der Waals surface area contributed by atoms with Crippen molar-refractivity contribution in [1.82, 2.24) is 15.1 Å². The fourth-order valence-electron chi connectivity index (χ4n) is 4.02. The molecule has 1 aromatic rings. The summed E-state index contributed by atoms with van der Waals surface area (Å²) < 4.78 is 11.1. The van der Waals surface area contributed by atoms with Crippen molar-refractivity contribution in [3.63, 3.8) is 0 Å². The van der Waals surface area contributed by atoms with Crippen molar-refractivity contribution in [3.05, 3.63) is 24.2 Å². The number of amides is 2. The number of ether oxygens (including phenoxy) is 1. The number of urea groups is 1. The van der Waals surface area contributed by atoms with Gasteiger partial charge in [-0.15, -0.1) is 0 Å². The van der Waals surface area contributed by atoms with Crippen LogP contribution in [0.25, 0.3) is 0 Å². The summed E-state index contributed by atoms with van der Waals surface area (Å²) in [5.74, 6) is 1.44. The van der Waals surface area contributed by atoms with Gasteiger partial charge in [0.1, 0.15) is 5.76 Å². The summed E-state index contributed by atoms with van der Waals surface area (Å²) in [4.78, 5) is 17.3. The fraction of sp³-hybridized carbons (Fsp3) is 0.737. The smallest absolute Gasteiger partial charge is 0.317 e. The third-order valence-corrected chi connectivity index (χ3v) is 5.63. The molecule has 1 aromatic heterocycles. The molecule has 0 spiro atoms. The Morgan fingerprint density at radius 3 is 2.80 bits per heavy atom. The van der Waals surface area contributed by atoms with Crippen molar-refractivity contribution in [3.8, 4) is 0 Å². The predicted molar refractivity (Wildman–Crippen MR) is 94.3 cm³/mol. The molecule has 0 unspecified atom stereocenters. The molecule has 2 saturated heterocycles. The second-order valence-electron chi connectivity index (χ2n) is 7.57. The lowest BCUT2D eigenvalue weighted by Gasteiger charge is -2.29. The molecule has 2 amide bonds. The van der Waals surface area contributed by atoms with Crippen LogP contribution in [0.4, 0.5) is 4.79 Å². The number of carbonyl (C=O) groups excluding carboxylic acids is 1. The molecule has 1 aliphatic carbocycles.